The summed E-state index contributed by atoms with van der Waals surface area (Å²) in [5, 5.41) is 2.27. The largest absolute Gasteiger partial charge is 2.00 e. The fraction of sp³-hybridized carbons (Fsp3) is 0.0638. The molecule has 0 fully saturated rings. The van der Waals surface area contributed by atoms with Crippen molar-refractivity contribution in [1.29, 1.82) is 0 Å². The molecule has 0 saturated carbocycles. The van der Waals surface area contributed by atoms with E-state index in [1.807, 2.05) is 42.9 Å². The van der Waals surface area contributed by atoms with E-state index in [0.29, 0.717) is 0 Å². The molecule has 9 aromatic rings. The number of pyridine rings is 1. The molecule has 0 aliphatic heterocycles. The van der Waals surface area contributed by atoms with Crippen LogP contribution >= 0.6 is 0 Å². The molecule has 0 saturated heterocycles. The summed E-state index contributed by atoms with van der Waals surface area (Å²) in [6.07, 6.45) is 5.75. The molecule has 0 unspecified atom stereocenters. The van der Waals surface area contributed by atoms with Crippen LogP contribution in [0.3, 0.4) is 0 Å². The molecular formula is C47H35N5Pt. The van der Waals surface area contributed by atoms with Crippen LogP contribution in [-0.4, -0.2) is 19.1 Å². The quantitative estimate of drug-likeness (QED) is 0.143. The molecule has 53 heavy (non-hydrogen) atoms. The minimum absolute atomic E-state index is 0. The van der Waals surface area contributed by atoms with Crippen LogP contribution in [0.25, 0.3) is 44.7 Å². The van der Waals surface area contributed by atoms with Gasteiger partial charge in [0.25, 0.3) is 0 Å². The molecule has 0 amide bonds. The Bertz CT molecular complexity index is 2660. The smallest absolute Gasteiger partial charge is 0.352 e. The van der Waals surface area contributed by atoms with Crippen molar-refractivity contribution in [1.82, 2.24) is 19.1 Å². The zero-order valence-electron chi connectivity index (χ0n) is 29.3. The summed E-state index contributed by atoms with van der Waals surface area (Å²) in [5.41, 5.74) is 8.99. The first kappa shape index (κ1) is 34.1. The minimum atomic E-state index is -0.216. The number of benzene rings is 6. The van der Waals surface area contributed by atoms with Crippen LogP contribution in [0.4, 0.5) is 17.1 Å². The monoisotopic (exact) mass is 864 g/mol. The summed E-state index contributed by atoms with van der Waals surface area (Å²) < 4.78 is 4.35. The van der Waals surface area contributed by atoms with Gasteiger partial charge in [-0.25, -0.2) is 4.98 Å². The summed E-state index contributed by atoms with van der Waals surface area (Å²) in [6.45, 7) is 4.54. The van der Waals surface area contributed by atoms with E-state index in [1.54, 1.807) is 0 Å². The topological polar surface area (TPSA) is 38.9 Å². The number of hydrogen-bond donors (Lipinski definition) is 0. The van der Waals surface area contributed by atoms with Crippen molar-refractivity contribution in [2.75, 3.05) is 4.90 Å². The van der Waals surface area contributed by atoms with Crippen LogP contribution in [-0.2, 0) is 26.5 Å². The van der Waals surface area contributed by atoms with Crippen molar-refractivity contribution < 1.29 is 21.1 Å². The van der Waals surface area contributed by atoms with Gasteiger partial charge in [0.2, 0.25) is 0 Å². The molecule has 0 spiro atoms. The number of aromatic nitrogens is 4. The first-order chi connectivity index (χ1) is 25.6. The molecule has 0 bridgehead atoms. The van der Waals surface area contributed by atoms with E-state index in [9.17, 15) is 0 Å². The molecule has 9 rings (SSSR count). The van der Waals surface area contributed by atoms with Crippen LogP contribution in [0, 0.1) is 12.1 Å². The summed E-state index contributed by atoms with van der Waals surface area (Å²) >= 11 is 0. The number of rotatable bonds is 8. The van der Waals surface area contributed by atoms with Gasteiger partial charge in [-0.3, -0.25) is 4.98 Å². The van der Waals surface area contributed by atoms with Gasteiger partial charge >= 0.3 is 21.1 Å². The third kappa shape index (κ3) is 6.17. The van der Waals surface area contributed by atoms with Crippen LogP contribution in [0.15, 0.2) is 176 Å². The van der Waals surface area contributed by atoms with E-state index in [0.717, 1.165) is 61.8 Å². The maximum atomic E-state index is 4.97. The van der Waals surface area contributed by atoms with Gasteiger partial charge in [-0.15, -0.1) is 47.3 Å². The van der Waals surface area contributed by atoms with Gasteiger partial charge in [0.1, 0.15) is 5.82 Å². The number of para-hydroxylation sites is 3. The Morgan fingerprint density at radius 1 is 0.585 bits per heavy atom. The van der Waals surface area contributed by atoms with Gasteiger partial charge in [0.15, 0.2) is 0 Å². The molecule has 6 aromatic carbocycles. The van der Waals surface area contributed by atoms with Crippen LogP contribution < -0.4 is 4.90 Å². The number of hydrogen-bond acceptors (Lipinski definition) is 3. The fourth-order valence-electron chi connectivity index (χ4n) is 7.20. The number of nitrogens with zero attached hydrogens (tertiary/aromatic N) is 5. The van der Waals surface area contributed by atoms with Crippen LogP contribution in [0.5, 0.6) is 0 Å². The van der Waals surface area contributed by atoms with Gasteiger partial charge in [0.05, 0.1) is 5.82 Å². The van der Waals surface area contributed by atoms with Crippen molar-refractivity contribution in [2.24, 2.45) is 0 Å². The van der Waals surface area contributed by atoms with Gasteiger partial charge in [-0.2, -0.15) is 6.07 Å². The number of anilines is 3. The summed E-state index contributed by atoms with van der Waals surface area (Å²) in [4.78, 5) is 11.9. The van der Waals surface area contributed by atoms with Crippen molar-refractivity contribution in [3.05, 3.63) is 200 Å². The molecule has 0 aliphatic rings. The van der Waals surface area contributed by atoms with Crippen molar-refractivity contribution in [3.63, 3.8) is 0 Å². The van der Waals surface area contributed by atoms with Crippen LogP contribution in [0.2, 0.25) is 0 Å². The van der Waals surface area contributed by atoms with Gasteiger partial charge in [0, 0.05) is 40.9 Å². The molecule has 5 nitrogen and oxygen atoms in total. The van der Waals surface area contributed by atoms with Crippen molar-refractivity contribution in [3.8, 4) is 22.9 Å². The Hall–Kier alpha value is -6.03. The Labute approximate surface area is 324 Å². The molecule has 0 aliphatic carbocycles. The van der Waals surface area contributed by atoms with E-state index in [4.69, 9.17) is 9.97 Å². The SMILES string of the molecule is CC(C)(c1ccccc1)c1ccnc(-n2c3[c-]c(N(c4[c-]c(-c5nccn5-c5ccccc5)ccc4)c4ccccc4)ccc3c3ccccc32)c1.[Pt+2]. The van der Waals surface area contributed by atoms with E-state index in [2.05, 4.69) is 173 Å². The van der Waals surface area contributed by atoms with Crippen molar-refractivity contribution in [2.45, 2.75) is 19.3 Å². The molecular weight excluding hydrogens is 830 g/mol. The Kier molecular flexibility index (Phi) is 9.12. The normalized spacial score (nSPS) is 11.4. The molecule has 3 heterocycles. The Balaban J connectivity index is 0.00000400. The maximum Gasteiger partial charge on any atom is 2.00 e. The number of fused-ring (bicyclic) bond motifs is 3. The zero-order valence-corrected chi connectivity index (χ0v) is 31.6. The second kappa shape index (κ2) is 14.2. The Morgan fingerprint density at radius 3 is 2.08 bits per heavy atom. The molecule has 6 heteroatoms. The average Bonchev–Trinajstić information content (AvgIpc) is 3.83. The van der Waals surface area contributed by atoms with E-state index >= 15 is 0 Å². The zero-order chi connectivity index (χ0) is 35.1. The first-order valence-electron chi connectivity index (χ1n) is 17.5. The maximum absolute atomic E-state index is 4.97. The summed E-state index contributed by atoms with van der Waals surface area (Å²) in [5.74, 6) is 1.68. The van der Waals surface area contributed by atoms with Crippen LogP contribution in [0.1, 0.15) is 25.0 Å². The van der Waals surface area contributed by atoms with E-state index in [1.165, 1.54) is 11.1 Å². The molecule has 3 aromatic heterocycles. The average molecular weight is 865 g/mol. The molecule has 258 valence electrons. The number of imidazole rings is 1. The molecule has 0 N–H and O–H groups in total. The first-order valence-corrected chi connectivity index (χ1v) is 17.5. The van der Waals surface area contributed by atoms with Gasteiger partial charge < -0.3 is 14.0 Å². The minimum Gasteiger partial charge on any atom is -0.352 e. The van der Waals surface area contributed by atoms with Gasteiger partial charge in [-0.05, 0) is 64.7 Å². The predicted molar refractivity (Wildman–Crippen MR) is 212 cm³/mol. The van der Waals surface area contributed by atoms with E-state index < -0.39 is 0 Å². The second-order valence-electron chi connectivity index (χ2n) is 13.4. The standard InChI is InChI=1S/C47H35N5.Pt/c1-47(2,35-16-6-3-7-17-35)36-27-28-48-45(32-36)52-43-24-13-12-23-41(43)42-26-25-40(33-44(42)52)51(38-20-10-5-11-21-38)39-22-14-15-34(31-39)46-49-29-30-50(46)37-18-8-4-9-19-37;/h3-30,32H,1-2H3;/q-2;+2. The van der Waals surface area contributed by atoms with Gasteiger partial charge in [-0.1, -0.05) is 110 Å². The summed E-state index contributed by atoms with van der Waals surface area (Å²) in [7, 11) is 0. The van der Waals surface area contributed by atoms with E-state index in [-0.39, 0.29) is 26.5 Å². The fourth-order valence-corrected chi connectivity index (χ4v) is 7.20. The third-order valence-electron chi connectivity index (χ3n) is 9.95. The molecule has 0 radical (unpaired) electrons. The summed E-state index contributed by atoms with van der Waals surface area (Å²) in [6, 6.07) is 62.4. The third-order valence-corrected chi connectivity index (χ3v) is 9.95. The molecule has 0 atom stereocenters. The van der Waals surface area contributed by atoms with Crippen molar-refractivity contribution >= 4 is 38.9 Å². The second-order valence-corrected chi connectivity index (χ2v) is 13.4. The Morgan fingerprint density at radius 2 is 1.28 bits per heavy atom. The predicted octanol–water partition coefficient (Wildman–Crippen LogP) is 11.4.